The summed E-state index contributed by atoms with van der Waals surface area (Å²) in [6.07, 6.45) is 0.568. The maximum atomic E-state index is 13.5. The average molecular weight is 326 g/mol. The van der Waals surface area contributed by atoms with Crippen LogP contribution in [0, 0.1) is 26.6 Å². The van der Waals surface area contributed by atoms with E-state index in [1.165, 1.54) is 6.07 Å². The van der Waals surface area contributed by atoms with E-state index >= 15 is 0 Å². The van der Waals surface area contributed by atoms with E-state index in [1.54, 1.807) is 6.07 Å². The van der Waals surface area contributed by atoms with Gasteiger partial charge in [-0.05, 0) is 60.3 Å². The number of furan rings is 1. The fourth-order valence-electron chi connectivity index (χ4n) is 2.40. The van der Waals surface area contributed by atoms with Gasteiger partial charge in [-0.25, -0.2) is 4.39 Å². The molecule has 4 heteroatoms. The van der Waals surface area contributed by atoms with Crippen LogP contribution in [0.15, 0.2) is 27.1 Å². The van der Waals surface area contributed by atoms with Crippen LogP contribution in [-0.4, -0.2) is 0 Å². The van der Waals surface area contributed by atoms with Crippen LogP contribution in [0.4, 0.5) is 4.39 Å². The lowest BCUT2D eigenvalue weighted by Crippen LogP contribution is -2.15. The van der Waals surface area contributed by atoms with Crippen LogP contribution < -0.4 is 5.73 Å². The highest BCUT2D eigenvalue weighted by atomic mass is 79.9. The van der Waals surface area contributed by atoms with Crippen LogP contribution in [-0.2, 0) is 6.42 Å². The van der Waals surface area contributed by atoms with E-state index in [4.69, 9.17) is 10.2 Å². The van der Waals surface area contributed by atoms with Gasteiger partial charge in [0.05, 0.1) is 4.47 Å². The minimum atomic E-state index is -0.262. The molecule has 0 saturated heterocycles. The molecule has 2 rings (SSSR count). The molecule has 1 aromatic carbocycles. The van der Waals surface area contributed by atoms with E-state index < -0.39 is 0 Å². The quantitative estimate of drug-likeness (QED) is 0.911. The van der Waals surface area contributed by atoms with E-state index in [0.717, 1.165) is 28.2 Å². The van der Waals surface area contributed by atoms with Crippen LogP contribution in [0.3, 0.4) is 0 Å². The Hall–Kier alpha value is -1.13. The highest BCUT2D eigenvalue weighted by Gasteiger charge is 2.19. The minimum Gasteiger partial charge on any atom is -0.466 e. The molecule has 0 radical (unpaired) electrons. The molecule has 0 aliphatic rings. The van der Waals surface area contributed by atoms with Gasteiger partial charge in [-0.2, -0.15) is 0 Å². The summed E-state index contributed by atoms with van der Waals surface area (Å²) >= 11 is 3.27. The minimum absolute atomic E-state index is 0.199. The molecule has 2 N–H and O–H groups in total. The van der Waals surface area contributed by atoms with Gasteiger partial charge in [-0.1, -0.05) is 12.1 Å². The van der Waals surface area contributed by atoms with Crippen LogP contribution in [0.25, 0.3) is 0 Å². The third kappa shape index (κ3) is 2.74. The predicted molar refractivity (Wildman–Crippen MR) is 77.7 cm³/mol. The number of halogens is 2. The van der Waals surface area contributed by atoms with Crippen molar-refractivity contribution >= 4 is 15.9 Å². The van der Waals surface area contributed by atoms with Gasteiger partial charge < -0.3 is 10.2 Å². The Kier molecular flexibility index (Phi) is 4.11. The summed E-state index contributed by atoms with van der Waals surface area (Å²) in [4.78, 5) is 0. The normalized spacial score (nSPS) is 12.7. The SMILES string of the molecule is Cc1oc(C)c(C(N)Cc2cccc(F)c2Br)c1C. The summed E-state index contributed by atoms with van der Waals surface area (Å²) in [6.45, 7) is 5.84. The fourth-order valence-corrected chi connectivity index (χ4v) is 2.83. The van der Waals surface area contributed by atoms with Gasteiger partial charge in [0.25, 0.3) is 0 Å². The zero-order chi connectivity index (χ0) is 14.2. The molecule has 19 heavy (non-hydrogen) atoms. The third-order valence-electron chi connectivity index (χ3n) is 3.46. The summed E-state index contributed by atoms with van der Waals surface area (Å²) in [5, 5.41) is 0. The first-order chi connectivity index (χ1) is 8.91. The van der Waals surface area contributed by atoms with E-state index in [1.807, 2.05) is 26.8 Å². The number of aryl methyl sites for hydroxylation is 2. The van der Waals surface area contributed by atoms with Crippen LogP contribution in [0.2, 0.25) is 0 Å². The van der Waals surface area contributed by atoms with Gasteiger partial charge in [0, 0.05) is 11.6 Å². The fraction of sp³-hybridized carbons (Fsp3) is 0.333. The number of rotatable bonds is 3. The number of benzene rings is 1. The lowest BCUT2D eigenvalue weighted by Gasteiger charge is -2.14. The smallest absolute Gasteiger partial charge is 0.137 e. The summed E-state index contributed by atoms with van der Waals surface area (Å²) in [5.74, 6) is 1.47. The first-order valence-electron chi connectivity index (χ1n) is 6.16. The summed E-state index contributed by atoms with van der Waals surface area (Å²) in [7, 11) is 0. The van der Waals surface area contributed by atoms with Gasteiger partial charge in [0.2, 0.25) is 0 Å². The van der Waals surface area contributed by atoms with E-state index in [9.17, 15) is 4.39 Å². The molecule has 0 amide bonds. The largest absolute Gasteiger partial charge is 0.466 e. The Morgan fingerprint density at radius 2 is 1.95 bits per heavy atom. The van der Waals surface area contributed by atoms with Gasteiger partial charge in [0.15, 0.2) is 0 Å². The molecule has 1 atom stereocenters. The zero-order valence-electron chi connectivity index (χ0n) is 11.3. The maximum absolute atomic E-state index is 13.5. The Morgan fingerprint density at radius 1 is 1.26 bits per heavy atom. The monoisotopic (exact) mass is 325 g/mol. The van der Waals surface area contributed by atoms with Crippen molar-refractivity contribution in [1.82, 2.24) is 0 Å². The van der Waals surface area contributed by atoms with Crippen LogP contribution in [0.1, 0.15) is 34.3 Å². The summed E-state index contributed by atoms with van der Waals surface area (Å²) in [6, 6.07) is 4.81. The highest BCUT2D eigenvalue weighted by molar-refractivity contribution is 9.10. The topological polar surface area (TPSA) is 39.2 Å². The Balaban J connectivity index is 2.31. The molecule has 2 nitrogen and oxygen atoms in total. The molecular weight excluding hydrogens is 309 g/mol. The molecule has 102 valence electrons. The van der Waals surface area contributed by atoms with Crippen molar-refractivity contribution in [3.8, 4) is 0 Å². The van der Waals surface area contributed by atoms with Crippen molar-refractivity contribution in [1.29, 1.82) is 0 Å². The van der Waals surface area contributed by atoms with Crippen molar-refractivity contribution in [2.24, 2.45) is 5.73 Å². The van der Waals surface area contributed by atoms with Gasteiger partial charge in [0.1, 0.15) is 17.3 Å². The van der Waals surface area contributed by atoms with Crippen molar-refractivity contribution in [2.45, 2.75) is 33.2 Å². The predicted octanol–water partition coefficient (Wildman–Crippen LogP) is 4.35. The Bertz CT molecular complexity index is 606. The first-order valence-corrected chi connectivity index (χ1v) is 6.96. The Morgan fingerprint density at radius 3 is 2.53 bits per heavy atom. The van der Waals surface area contributed by atoms with Crippen molar-refractivity contribution in [3.63, 3.8) is 0 Å². The molecule has 2 aromatic rings. The van der Waals surface area contributed by atoms with E-state index in [-0.39, 0.29) is 11.9 Å². The molecule has 0 saturated carbocycles. The first kappa shape index (κ1) is 14.3. The molecule has 0 spiro atoms. The lowest BCUT2D eigenvalue weighted by atomic mass is 9.96. The van der Waals surface area contributed by atoms with Crippen molar-refractivity contribution in [2.75, 3.05) is 0 Å². The van der Waals surface area contributed by atoms with Crippen molar-refractivity contribution < 1.29 is 8.81 Å². The van der Waals surface area contributed by atoms with Gasteiger partial charge >= 0.3 is 0 Å². The Labute approximate surface area is 120 Å². The highest BCUT2D eigenvalue weighted by Crippen LogP contribution is 2.30. The number of hydrogen-bond donors (Lipinski definition) is 1. The van der Waals surface area contributed by atoms with Gasteiger partial charge in [-0.3, -0.25) is 0 Å². The average Bonchev–Trinajstić information content (AvgIpc) is 2.59. The molecule has 0 fully saturated rings. The van der Waals surface area contributed by atoms with Crippen LogP contribution in [0.5, 0.6) is 0 Å². The summed E-state index contributed by atoms with van der Waals surface area (Å²) in [5.41, 5.74) is 9.23. The lowest BCUT2D eigenvalue weighted by molar-refractivity contribution is 0.496. The standard InChI is InChI=1S/C15H17BrFNO/c1-8-9(2)19-10(3)14(8)13(18)7-11-5-4-6-12(17)15(11)16/h4-6,13H,7,18H2,1-3H3. The third-order valence-corrected chi connectivity index (χ3v) is 4.35. The molecule has 1 heterocycles. The number of hydrogen-bond acceptors (Lipinski definition) is 2. The maximum Gasteiger partial charge on any atom is 0.137 e. The van der Waals surface area contributed by atoms with E-state index in [0.29, 0.717) is 10.9 Å². The second kappa shape index (κ2) is 5.47. The molecule has 1 unspecified atom stereocenters. The summed E-state index contributed by atoms with van der Waals surface area (Å²) < 4.78 is 19.6. The van der Waals surface area contributed by atoms with Crippen LogP contribution >= 0.6 is 15.9 Å². The molecule has 0 aliphatic heterocycles. The molecule has 0 aliphatic carbocycles. The number of nitrogens with two attached hydrogens (primary N) is 1. The van der Waals surface area contributed by atoms with Gasteiger partial charge in [-0.15, -0.1) is 0 Å². The molecule has 0 bridgehead atoms. The zero-order valence-corrected chi connectivity index (χ0v) is 12.8. The second-order valence-corrected chi connectivity index (χ2v) is 5.57. The second-order valence-electron chi connectivity index (χ2n) is 4.78. The van der Waals surface area contributed by atoms with Crippen molar-refractivity contribution in [3.05, 3.63) is 56.7 Å². The van der Waals surface area contributed by atoms with E-state index in [2.05, 4.69) is 15.9 Å². The molecule has 1 aromatic heterocycles. The molecular formula is C15H17BrFNO.